The molecule has 0 radical (unpaired) electrons. The van der Waals surface area contributed by atoms with Gasteiger partial charge in [-0.15, -0.1) is 11.3 Å². The number of hydrogen-bond donors (Lipinski definition) is 2. The van der Waals surface area contributed by atoms with E-state index in [0.29, 0.717) is 16.0 Å². The van der Waals surface area contributed by atoms with Crippen molar-refractivity contribution in [1.29, 1.82) is 0 Å². The molecule has 6 heteroatoms. The highest BCUT2D eigenvalue weighted by Gasteiger charge is 2.19. The highest BCUT2D eigenvalue weighted by Crippen LogP contribution is 2.18. The van der Waals surface area contributed by atoms with Gasteiger partial charge in [0.15, 0.2) is 0 Å². The largest absolute Gasteiger partial charge is 0.288 e. The number of ketones is 1. The van der Waals surface area contributed by atoms with Gasteiger partial charge in [0.25, 0.3) is 11.8 Å². The van der Waals surface area contributed by atoms with Gasteiger partial charge in [-0.25, -0.2) is 0 Å². The number of benzene rings is 2. The second-order valence-electron chi connectivity index (χ2n) is 5.81. The van der Waals surface area contributed by atoms with E-state index in [1.807, 2.05) is 19.1 Å². The number of amides is 2. The summed E-state index contributed by atoms with van der Waals surface area (Å²) in [6.07, 6.45) is 0.883. The molecule has 3 rings (SSSR count). The number of hydrogen-bond acceptors (Lipinski definition) is 4. The van der Waals surface area contributed by atoms with E-state index in [9.17, 15) is 14.4 Å². The van der Waals surface area contributed by atoms with Crippen molar-refractivity contribution < 1.29 is 14.4 Å². The number of nitrogens with one attached hydrogen (secondary N) is 2. The molecule has 5 nitrogen and oxygen atoms in total. The molecule has 3 aromatic rings. The zero-order chi connectivity index (χ0) is 19.2. The Kier molecular flexibility index (Phi) is 5.78. The minimum atomic E-state index is -0.547. The van der Waals surface area contributed by atoms with Crippen LogP contribution in [-0.4, -0.2) is 17.6 Å². The van der Waals surface area contributed by atoms with E-state index < -0.39 is 11.8 Å². The molecule has 0 aliphatic carbocycles. The average molecular weight is 378 g/mol. The Bertz CT molecular complexity index is 963. The van der Waals surface area contributed by atoms with Crippen molar-refractivity contribution in [3.05, 3.63) is 93.2 Å². The second kappa shape index (κ2) is 8.42. The lowest BCUT2D eigenvalue weighted by Gasteiger charge is -2.10. The molecule has 0 bridgehead atoms. The summed E-state index contributed by atoms with van der Waals surface area (Å²) in [6.45, 7) is 2.03. The molecular weight excluding hydrogens is 360 g/mol. The third kappa shape index (κ3) is 4.30. The summed E-state index contributed by atoms with van der Waals surface area (Å²) in [5.41, 5.74) is 6.83. The number of hydrazine groups is 1. The highest BCUT2D eigenvalue weighted by molar-refractivity contribution is 7.12. The topological polar surface area (TPSA) is 75.3 Å². The fraction of sp³-hybridized carbons (Fsp3) is 0.0952. The van der Waals surface area contributed by atoms with Crippen LogP contribution in [0, 0.1) is 0 Å². The lowest BCUT2D eigenvalue weighted by atomic mass is 10.0. The van der Waals surface area contributed by atoms with Crippen LogP contribution in [0.15, 0.2) is 66.0 Å². The zero-order valence-corrected chi connectivity index (χ0v) is 15.5. The van der Waals surface area contributed by atoms with Crippen molar-refractivity contribution >= 4 is 28.9 Å². The maximum absolute atomic E-state index is 12.6. The standard InChI is InChI=1S/C21H18N2O3S/c1-2-14-9-11-15(12-10-14)20(25)22-23-21(26)17-7-4-3-6-16(17)19(24)18-8-5-13-27-18/h3-13H,2H2,1H3,(H,22,25)(H,23,26). The Morgan fingerprint density at radius 3 is 2.11 bits per heavy atom. The van der Waals surface area contributed by atoms with Crippen molar-refractivity contribution in [2.24, 2.45) is 0 Å². The predicted molar refractivity (Wildman–Crippen MR) is 105 cm³/mol. The van der Waals surface area contributed by atoms with E-state index in [1.165, 1.54) is 11.3 Å². The molecule has 1 aromatic heterocycles. The fourth-order valence-corrected chi connectivity index (χ4v) is 3.24. The van der Waals surface area contributed by atoms with Gasteiger partial charge in [0, 0.05) is 11.1 Å². The van der Waals surface area contributed by atoms with Crippen LogP contribution in [0.5, 0.6) is 0 Å². The highest BCUT2D eigenvalue weighted by atomic mass is 32.1. The van der Waals surface area contributed by atoms with Crippen LogP contribution in [-0.2, 0) is 6.42 Å². The molecule has 0 saturated carbocycles. The molecule has 27 heavy (non-hydrogen) atoms. The quantitative estimate of drug-likeness (QED) is 0.526. The molecule has 2 amide bonds. The maximum atomic E-state index is 12.6. The molecule has 0 saturated heterocycles. The van der Waals surface area contributed by atoms with Crippen LogP contribution in [0.25, 0.3) is 0 Å². The summed E-state index contributed by atoms with van der Waals surface area (Å²) in [5, 5.41) is 1.81. The molecule has 2 aromatic carbocycles. The molecule has 0 fully saturated rings. The second-order valence-corrected chi connectivity index (χ2v) is 6.76. The summed E-state index contributed by atoms with van der Waals surface area (Å²) in [6, 6.07) is 17.2. The number of rotatable bonds is 5. The molecule has 0 aliphatic heterocycles. The predicted octanol–water partition coefficient (Wildman–Crippen LogP) is 3.62. The molecule has 1 heterocycles. The van der Waals surface area contributed by atoms with Crippen LogP contribution in [0.1, 0.15) is 48.4 Å². The van der Waals surface area contributed by atoms with E-state index >= 15 is 0 Å². The van der Waals surface area contributed by atoms with Crippen molar-refractivity contribution in [2.75, 3.05) is 0 Å². The van der Waals surface area contributed by atoms with Crippen molar-refractivity contribution in [1.82, 2.24) is 10.9 Å². The summed E-state index contributed by atoms with van der Waals surface area (Å²) in [4.78, 5) is 37.8. The van der Waals surface area contributed by atoms with Crippen LogP contribution in [0.2, 0.25) is 0 Å². The van der Waals surface area contributed by atoms with Gasteiger partial charge < -0.3 is 0 Å². The Labute approximate surface area is 161 Å². The molecule has 2 N–H and O–H groups in total. The number of thiophene rings is 1. The van der Waals surface area contributed by atoms with Gasteiger partial charge in [-0.1, -0.05) is 43.3 Å². The average Bonchev–Trinajstić information content (AvgIpc) is 3.26. The van der Waals surface area contributed by atoms with Crippen molar-refractivity contribution in [2.45, 2.75) is 13.3 Å². The van der Waals surface area contributed by atoms with Gasteiger partial charge in [-0.05, 0) is 41.6 Å². The third-order valence-corrected chi connectivity index (χ3v) is 4.94. The summed E-state index contributed by atoms with van der Waals surface area (Å²) in [5.74, 6) is -1.20. The summed E-state index contributed by atoms with van der Waals surface area (Å²) in [7, 11) is 0. The number of carbonyl (C=O) groups is 3. The van der Waals surface area contributed by atoms with Gasteiger partial charge in [0.2, 0.25) is 5.78 Å². The molecule has 136 valence electrons. The number of aryl methyl sites for hydroxylation is 1. The van der Waals surface area contributed by atoms with Gasteiger partial charge in [0.1, 0.15) is 0 Å². The van der Waals surface area contributed by atoms with E-state index in [-0.39, 0.29) is 11.3 Å². The van der Waals surface area contributed by atoms with Crippen LogP contribution in [0.4, 0.5) is 0 Å². The van der Waals surface area contributed by atoms with Crippen molar-refractivity contribution in [3.63, 3.8) is 0 Å². The van der Waals surface area contributed by atoms with E-state index in [2.05, 4.69) is 10.9 Å². The van der Waals surface area contributed by atoms with Crippen LogP contribution in [0.3, 0.4) is 0 Å². The van der Waals surface area contributed by atoms with Gasteiger partial charge >= 0.3 is 0 Å². The Hall–Kier alpha value is -3.25. The first-order valence-electron chi connectivity index (χ1n) is 8.47. The first-order valence-corrected chi connectivity index (χ1v) is 9.35. The fourth-order valence-electron chi connectivity index (χ4n) is 2.56. The summed E-state index contributed by atoms with van der Waals surface area (Å²) >= 11 is 1.31. The van der Waals surface area contributed by atoms with Gasteiger partial charge in [-0.3, -0.25) is 25.2 Å². The lowest BCUT2D eigenvalue weighted by molar-refractivity contribution is 0.0845. The zero-order valence-electron chi connectivity index (χ0n) is 14.7. The van der Waals surface area contributed by atoms with Gasteiger partial charge in [0.05, 0.1) is 10.4 Å². The monoisotopic (exact) mass is 378 g/mol. The van der Waals surface area contributed by atoms with Gasteiger partial charge in [-0.2, -0.15) is 0 Å². The normalized spacial score (nSPS) is 10.3. The molecule has 0 atom stereocenters. The molecule has 0 unspecified atom stereocenters. The minimum absolute atomic E-state index is 0.206. The smallest absolute Gasteiger partial charge is 0.270 e. The minimum Gasteiger partial charge on any atom is -0.288 e. The Balaban J connectivity index is 1.71. The van der Waals surface area contributed by atoms with E-state index in [0.717, 1.165) is 12.0 Å². The SMILES string of the molecule is CCc1ccc(C(=O)NNC(=O)c2ccccc2C(=O)c2cccs2)cc1. The first-order chi connectivity index (χ1) is 13.1. The van der Waals surface area contributed by atoms with Crippen molar-refractivity contribution in [3.8, 4) is 0 Å². The summed E-state index contributed by atoms with van der Waals surface area (Å²) < 4.78 is 0. The van der Waals surface area contributed by atoms with Crippen LogP contribution < -0.4 is 10.9 Å². The molecular formula is C21H18N2O3S. The Morgan fingerprint density at radius 1 is 0.815 bits per heavy atom. The number of carbonyl (C=O) groups excluding carboxylic acids is 3. The third-order valence-electron chi connectivity index (χ3n) is 4.08. The first kappa shape index (κ1) is 18.5. The van der Waals surface area contributed by atoms with Crippen LogP contribution >= 0.6 is 11.3 Å². The van der Waals surface area contributed by atoms with E-state index in [4.69, 9.17) is 0 Å². The molecule has 0 aliphatic rings. The molecule has 0 spiro atoms. The van der Waals surface area contributed by atoms with E-state index in [1.54, 1.807) is 53.9 Å². The maximum Gasteiger partial charge on any atom is 0.270 e. The lowest BCUT2D eigenvalue weighted by Crippen LogP contribution is -2.42. The Morgan fingerprint density at radius 2 is 1.48 bits per heavy atom.